The van der Waals surface area contributed by atoms with Gasteiger partial charge in [-0.1, -0.05) is 6.92 Å². The highest BCUT2D eigenvalue weighted by molar-refractivity contribution is 7.80. The first-order valence-corrected chi connectivity index (χ1v) is 5.11. The Labute approximate surface area is 84.5 Å². The number of rotatable bonds is 5. The minimum Gasteiger partial charge on any atom is -0.490 e. The Kier molecular flexibility index (Phi) is 4.15. The molecule has 13 heavy (non-hydrogen) atoms. The van der Waals surface area contributed by atoms with Crippen LogP contribution in [0.4, 0.5) is 0 Å². The van der Waals surface area contributed by atoms with E-state index in [1.54, 1.807) is 10.9 Å². The van der Waals surface area contributed by atoms with Crippen LogP contribution in [0.15, 0.2) is 12.4 Å². The minimum absolute atomic E-state index is 0.531. The quantitative estimate of drug-likeness (QED) is 0.733. The second kappa shape index (κ2) is 5.17. The first kappa shape index (κ1) is 10.4. The highest BCUT2D eigenvalue weighted by Crippen LogP contribution is 2.11. The predicted molar refractivity (Wildman–Crippen MR) is 56.3 cm³/mol. The summed E-state index contributed by atoms with van der Waals surface area (Å²) in [5, 5.41) is 4.02. The van der Waals surface area contributed by atoms with Crippen molar-refractivity contribution in [3.63, 3.8) is 0 Å². The Balaban J connectivity index is 2.33. The highest BCUT2D eigenvalue weighted by atomic mass is 32.1. The van der Waals surface area contributed by atoms with Crippen LogP contribution in [0, 0.1) is 5.92 Å². The van der Waals surface area contributed by atoms with Gasteiger partial charge in [0.05, 0.1) is 19.0 Å². The van der Waals surface area contributed by atoms with E-state index in [2.05, 4.69) is 24.7 Å². The van der Waals surface area contributed by atoms with Crippen LogP contribution in [-0.2, 0) is 7.05 Å². The first-order valence-electron chi connectivity index (χ1n) is 4.48. The molecule has 0 aliphatic heterocycles. The number of nitrogens with zero attached hydrogens (tertiary/aromatic N) is 2. The molecule has 0 aliphatic carbocycles. The number of thiol groups is 1. The van der Waals surface area contributed by atoms with Gasteiger partial charge in [-0.3, -0.25) is 4.68 Å². The fourth-order valence-electron chi connectivity index (χ4n) is 0.987. The zero-order chi connectivity index (χ0) is 9.68. The van der Waals surface area contributed by atoms with Gasteiger partial charge in [-0.15, -0.1) is 0 Å². The summed E-state index contributed by atoms with van der Waals surface area (Å²) in [5.74, 6) is 2.24. The second-order valence-corrected chi connectivity index (χ2v) is 3.48. The number of hydrogen-bond donors (Lipinski definition) is 1. The van der Waals surface area contributed by atoms with Crippen LogP contribution in [0.1, 0.15) is 13.3 Å². The largest absolute Gasteiger partial charge is 0.490 e. The summed E-state index contributed by atoms with van der Waals surface area (Å²) in [6.45, 7) is 2.87. The standard InChI is InChI=1S/C9H16N2OS/c1-3-8(7-13)6-12-9-4-10-11(2)5-9/h4-5,8,13H,3,6-7H2,1-2H3. The molecule has 0 bridgehead atoms. The summed E-state index contributed by atoms with van der Waals surface area (Å²) in [5.41, 5.74) is 0. The molecule has 0 amide bonds. The molecule has 74 valence electrons. The molecule has 3 nitrogen and oxygen atoms in total. The summed E-state index contributed by atoms with van der Waals surface area (Å²) >= 11 is 4.25. The molecule has 1 atom stereocenters. The van der Waals surface area contributed by atoms with Gasteiger partial charge in [0.15, 0.2) is 5.75 Å². The monoisotopic (exact) mass is 200 g/mol. The van der Waals surface area contributed by atoms with Crippen LogP contribution in [0.5, 0.6) is 5.75 Å². The van der Waals surface area contributed by atoms with Gasteiger partial charge in [0.2, 0.25) is 0 Å². The van der Waals surface area contributed by atoms with E-state index in [0.717, 1.165) is 24.5 Å². The number of hydrogen-bond acceptors (Lipinski definition) is 3. The molecule has 1 aromatic heterocycles. The lowest BCUT2D eigenvalue weighted by atomic mass is 10.1. The number of aryl methyl sites for hydroxylation is 1. The molecule has 0 saturated carbocycles. The lowest BCUT2D eigenvalue weighted by molar-refractivity contribution is 0.259. The first-order chi connectivity index (χ1) is 6.26. The summed E-state index contributed by atoms with van der Waals surface area (Å²) in [6.07, 6.45) is 4.69. The smallest absolute Gasteiger partial charge is 0.157 e. The summed E-state index contributed by atoms with van der Waals surface area (Å²) in [6, 6.07) is 0. The van der Waals surface area contributed by atoms with Gasteiger partial charge in [0, 0.05) is 13.0 Å². The molecule has 1 heterocycles. The summed E-state index contributed by atoms with van der Waals surface area (Å²) < 4.78 is 7.27. The third-order valence-electron chi connectivity index (χ3n) is 2.00. The molecule has 4 heteroatoms. The van der Waals surface area contributed by atoms with E-state index in [1.165, 1.54) is 0 Å². The molecule has 0 fully saturated rings. The lowest BCUT2D eigenvalue weighted by Crippen LogP contribution is -2.12. The van der Waals surface area contributed by atoms with E-state index in [9.17, 15) is 0 Å². The van der Waals surface area contributed by atoms with Gasteiger partial charge in [-0.05, 0) is 12.2 Å². The van der Waals surface area contributed by atoms with E-state index in [0.29, 0.717) is 5.92 Å². The zero-order valence-electron chi connectivity index (χ0n) is 8.10. The maximum absolute atomic E-state index is 5.54. The van der Waals surface area contributed by atoms with Crippen LogP contribution in [0.3, 0.4) is 0 Å². The minimum atomic E-state index is 0.531. The van der Waals surface area contributed by atoms with Crippen molar-refractivity contribution in [2.24, 2.45) is 13.0 Å². The SMILES string of the molecule is CCC(CS)COc1cnn(C)c1. The fraction of sp³-hybridized carbons (Fsp3) is 0.667. The van der Waals surface area contributed by atoms with Crippen molar-refractivity contribution in [3.8, 4) is 5.75 Å². The Hall–Kier alpha value is -0.640. The molecule has 0 saturated heterocycles. The van der Waals surface area contributed by atoms with E-state index in [-0.39, 0.29) is 0 Å². The average Bonchev–Trinajstić information content (AvgIpc) is 2.53. The maximum Gasteiger partial charge on any atom is 0.157 e. The molecule has 0 aliphatic rings. The third-order valence-corrected chi connectivity index (χ3v) is 2.52. The molecule has 1 aromatic rings. The summed E-state index contributed by atoms with van der Waals surface area (Å²) in [4.78, 5) is 0. The number of ether oxygens (including phenoxy) is 1. The van der Waals surface area contributed by atoms with E-state index in [1.807, 2.05) is 13.2 Å². The van der Waals surface area contributed by atoms with Gasteiger partial charge in [-0.2, -0.15) is 17.7 Å². The van der Waals surface area contributed by atoms with E-state index >= 15 is 0 Å². The Bertz CT molecular complexity index is 246. The highest BCUT2D eigenvalue weighted by Gasteiger charge is 2.05. The van der Waals surface area contributed by atoms with Gasteiger partial charge in [0.1, 0.15) is 0 Å². The Morgan fingerprint density at radius 3 is 2.92 bits per heavy atom. The zero-order valence-corrected chi connectivity index (χ0v) is 9.00. The van der Waals surface area contributed by atoms with Crippen LogP contribution in [0.25, 0.3) is 0 Å². The summed E-state index contributed by atoms with van der Waals surface area (Å²) in [7, 11) is 1.88. The topological polar surface area (TPSA) is 27.1 Å². The van der Waals surface area contributed by atoms with Crippen molar-refractivity contribution in [3.05, 3.63) is 12.4 Å². The number of aromatic nitrogens is 2. The van der Waals surface area contributed by atoms with Gasteiger partial charge in [0.25, 0.3) is 0 Å². The molecule has 0 spiro atoms. The van der Waals surface area contributed by atoms with Crippen LogP contribution < -0.4 is 4.74 Å². The molecule has 0 N–H and O–H groups in total. The molecular weight excluding hydrogens is 184 g/mol. The van der Waals surface area contributed by atoms with Gasteiger partial charge < -0.3 is 4.74 Å². The van der Waals surface area contributed by atoms with Crippen molar-refractivity contribution in [1.29, 1.82) is 0 Å². The molecular formula is C9H16N2OS. The molecule has 1 rings (SSSR count). The van der Waals surface area contributed by atoms with E-state index in [4.69, 9.17) is 4.74 Å². The van der Waals surface area contributed by atoms with E-state index < -0.39 is 0 Å². The maximum atomic E-state index is 5.54. The fourth-order valence-corrected chi connectivity index (χ4v) is 1.35. The van der Waals surface area contributed by atoms with Crippen LogP contribution >= 0.6 is 12.6 Å². The average molecular weight is 200 g/mol. The van der Waals surface area contributed by atoms with Crippen LogP contribution in [-0.4, -0.2) is 22.1 Å². The Morgan fingerprint density at radius 1 is 1.69 bits per heavy atom. The molecule has 0 radical (unpaired) electrons. The molecule has 1 unspecified atom stereocenters. The van der Waals surface area contributed by atoms with Gasteiger partial charge >= 0.3 is 0 Å². The van der Waals surface area contributed by atoms with Crippen molar-refractivity contribution in [2.75, 3.05) is 12.4 Å². The molecule has 0 aromatic carbocycles. The van der Waals surface area contributed by atoms with Crippen molar-refractivity contribution >= 4 is 12.6 Å². The predicted octanol–water partition coefficient (Wildman–Crippen LogP) is 1.75. The van der Waals surface area contributed by atoms with Gasteiger partial charge in [-0.25, -0.2) is 0 Å². The second-order valence-electron chi connectivity index (χ2n) is 3.12. The lowest BCUT2D eigenvalue weighted by Gasteiger charge is -2.11. The van der Waals surface area contributed by atoms with Crippen molar-refractivity contribution < 1.29 is 4.74 Å². The van der Waals surface area contributed by atoms with Crippen LogP contribution in [0.2, 0.25) is 0 Å². The Morgan fingerprint density at radius 2 is 2.46 bits per heavy atom. The normalized spacial score (nSPS) is 12.8. The van der Waals surface area contributed by atoms with Crippen molar-refractivity contribution in [1.82, 2.24) is 9.78 Å². The third kappa shape index (κ3) is 3.30. The van der Waals surface area contributed by atoms with Crippen molar-refractivity contribution in [2.45, 2.75) is 13.3 Å².